The Bertz CT molecular complexity index is 374. The molecule has 1 amide bonds. The highest BCUT2D eigenvalue weighted by Gasteiger charge is 2.08. The van der Waals surface area contributed by atoms with Gasteiger partial charge in [-0.25, -0.2) is 0 Å². The summed E-state index contributed by atoms with van der Waals surface area (Å²) < 4.78 is 0. The first kappa shape index (κ1) is 13.6. The Morgan fingerprint density at radius 1 is 1.29 bits per heavy atom. The van der Waals surface area contributed by atoms with Crippen molar-refractivity contribution in [3.8, 4) is 0 Å². The highest BCUT2D eigenvalue weighted by molar-refractivity contribution is 5.96. The lowest BCUT2D eigenvalue weighted by molar-refractivity contribution is 0.0952. The Balaban J connectivity index is 2.67. The molecule has 0 saturated heterocycles. The maximum Gasteiger partial charge on any atom is 0.251 e. The molecule has 94 valence electrons. The van der Waals surface area contributed by atoms with Crippen molar-refractivity contribution in [2.75, 3.05) is 18.4 Å². The van der Waals surface area contributed by atoms with Crippen molar-refractivity contribution in [1.29, 1.82) is 0 Å². The van der Waals surface area contributed by atoms with E-state index >= 15 is 0 Å². The van der Waals surface area contributed by atoms with Crippen molar-refractivity contribution < 1.29 is 4.79 Å². The minimum atomic E-state index is 0.0269. The Hall–Kier alpha value is -1.51. The molecule has 0 unspecified atom stereocenters. The number of amides is 1. The van der Waals surface area contributed by atoms with E-state index in [0.717, 1.165) is 42.7 Å². The van der Waals surface area contributed by atoms with E-state index in [-0.39, 0.29) is 5.91 Å². The highest BCUT2D eigenvalue weighted by Crippen LogP contribution is 2.14. The molecule has 0 radical (unpaired) electrons. The average molecular weight is 234 g/mol. The molecule has 3 nitrogen and oxygen atoms in total. The number of hydrogen-bond acceptors (Lipinski definition) is 2. The van der Waals surface area contributed by atoms with E-state index in [1.54, 1.807) is 0 Å². The zero-order valence-corrected chi connectivity index (χ0v) is 11.0. The molecule has 0 aliphatic carbocycles. The molecule has 0 spiro atoms. The van der Waals surface area contributed by atoms with Crippen LogP contribution in [0.4, 0.5) is 5.69 Å². The average Bonchev–Trinajstić information content (AvgIpc) is 2.29. The third-order valence-corrected chi connectivity index (χ3v) is 2.67. The third-order valence-electron chi connectivity index (χ3n) is 2.67. The van der Waals surface area contributed by atoms with Gasteiger partial charge in [-0.3, -0.25) is 4.79 Å². The summed E-state index contributed by atoms with van der Waals surface area (Å²) in [6.07, 6.45) is 2.12. The number of carbonyl (C=O) groups excluding carboxylic acids is 1. The van der Waals surface area contributed by atoms with Gasteiger partial charge in [0.05, 0.1) is 0 Å². The molecule has 0 aromatic heterocycles. The van der Waals surface area contributed by atoms with Crippen molar-refractivity contribution in [2.24, 2.45) is 0 Å². The second-order valence-corrected chi connectivity index (χ2v) is 4.17. The summed E-state index contributed by atoms with van der Waals surface area (Å²) in [6, 6.07) is 5.85. The molecule has 2 N–H and O–H groups in total. The second-order valence-electron chi connectivity index (χ2n) is 4.17. The fourth-order valence-corrected chi connectivity index (χ4v) is 1.71. The van der Waals surface area contributed by atoms with E-state index < -0.39 is 0 Å². The van der Waals surface area contributed by atoms with Crippen molar-refractivity contribution in [3.05, 3.63) is 29.3 Å². The van der Waals surface area contributed by atoms with Gasteiger partial charge < -0.3 is 10.6 Å². The van der Waals surface area contributed by atoms with Gasteiger partial charge in [-0.15, -0.1) is 0 Å². The van der Waals surface area contributed by atoms with E-state index in [9.17, 15) is 4.79 Å². The highest BCUT2D eigenvalue weighted by atomic mass is 16.1. The van der Waals surface area contributed by atoms with Crippen LogP contribution in [0, 0.1) is 6.92 Å². The lowest BCUT2D eigenvalue weighted by atomic mass is 10.1. The van der Waals surface area contributed by atoms with Crippen LogP contribution in [0.1, 0.15) is 42.6 Å². The minimum absolute atomic E-state index is 0.0269. The molecule has 0 heterocycles. The van der Waals surface area contributed by atoms with Crippen LogP contribution in [0.25, 0.3) is 0 Å². The van der Waals surface area contributed by atoms with Gasteiger partial charge in [0.2, 0.25) is 0 Å². The molecule has 0 aliphatic rings. The van der Waals surface area contributed by atoms with Crippen molar-refractivity contribution in [2.45, 2.75) is 33.6 Å². The van der Waals surface area contributed by atoms with Gasteiger partial charge in [0.1, 0.15) is 0 Å². The zero-order valence-electron chi connectivity index (χ0n) is 11.0. The number of unbranched alkanes of at least 4 members (excludes halogenated alkanes) is 1. The fraction of sp³-hybridized carbons (Fsp3) is 0.500. The Labute approximate surface area is 104 Å². The maximum absolute atomic E-state index is 11.9. The fourth-order valence-electron chi connectivity index (χ4n) is 1.71. The van der Waals surface area contributed by atoms with Gasteiger partial charge in [0, 0.05) is 24.3 Å². The summed E-state index contributed by atoms with van der Waals surface area (Å²) >= 11 is 0. The van der Waals surface area contributed by atoms with Gasteiger partial charge in [-0.2, -0.15) is 0 Å². The van der Waals surface area contributed by atoms with Gasteiger partial charge in [-0.05, 0) is 44.0 Å². The molecule has 0 saturated carbocycles. The van der Waals surface area contributed by atoms with Crippen LogP contribution < -0.4 is 10.6 Å². The quantitative estimate of drug-likeness (QED) is 0.743. The van der Waals surface area contributed by atoms with Crippen LogP contribution in [0.2, 0.25) is 0 Å². The lowest BCUT2D eigenvalue weighted by Crippen LogP contribution is -2.25. The zero-order chi connectivity index (χ0) is 12.7. The van der Waals surface area contributed by atoms with E-state index in [2.05, 4.69) is 24.5 Å². The molecule has 1 rings (SSSR count). The van der Waals surface area contributed by atoms with Gasteiger partial charge >= 0.3 is 0 Å². The summed E-state index contributed by atoms with van der Waals surface area (Å²) in [5.41, 5.74) is 2.84. The van der Waals surface area contributed by atoms with Gasteiger partial charge in [0.25, 0.3) is 5.91 Å². The Kier molecular flexibility index (Phi) is 5.53. The predicted molar refractivity (Wildman–Crippen MR) is 72.6 cm³/mol. The first-order valence-electron chi connectivity index (χ1n) is 6.31. The van der Waals surface area contributed by atoms with Gasteiger partial charge in [0.15, 0.2) is 0 Å². The van der Waals surface area contributed by atoms with E-state index in [4.69, 9.17) is 0 Å². The van der Waals surface area contributed by atoms with E-state index in [0.29, 0.717) is 0 Å². The largest absolute Gasteiger partial charge is 0.385 e. The van der Waals surface area contributed by atoms with Crippen molar-refractivity contribution >= 4 is 11.6 Å². The van der Waals surface area contributed by atoms with Crippen LogP contribution in [-0.2, 0) is 0 Å². The molecule has 0 atom stereocenters. The van der Waals surface area contributed by atoms with Crippen LogP contribution in [0.15, 0.2) is 18.2 Å². The topological polar surface area (TPSA) is 41.1 Å². The van der Waals surface area contributed by atoms with Crippen LogP contribution in [0.3, 0.4) is 0 Å². The van der Waals surface area contributed by atoms with Crippen LogP contribution in [0.5, 0.6) is 0 Å². The molecular formula is C14H22N2O. The number of aryl methyl sites for hydroxylation is 1. The molecule has 1 aromatic carbocycles. The molecule has 0 aliphatic heterocycles. The summed E-state index contributed by atoms with van der Waals surface area (Å²) in [5, 5.41) is 6.17. The standard InChI is InChI=1S/C14H22N2O/c1-4-6-9-16-14(17)13-8-7-12(15-5-2)10-11(13)3/h7-8,10,15H,4-6,9H2,1-3H3,(H,16,17). The lowest BCUT2D eigenvalue weighted by Gasteiger charge is -2.09. The normalized spacial score (nSPS) is 10.1. The summed E-state index contributed by atoms with van der Waals surface area (Å²) in [6.45, 7) is 7.78. The number of rotatable bonds is 6. The number of anilines is 1. The van der Waals surface area contributed by atoms with Crippen molar-refractivity contribution in [1.82, 2.24) is 5.32 Å². The number of hydrogen-bond donors (Lipinski definition) is 2. The molecule has 0 fully saturated rings. The number of benzene rings is 1. The second kappa shape index (κ2) is 6.94. The summed E-state index contributed by atoms with van der Waals surface area (Å²) in [7, 11) is 0. The first-order chi connectivity index (χ1) is 8.19. The molecular weight excluding hydrogens is 212 g/mol. The van der Waals surface area contributed by atoms with E-state index in [1.807, 2.05) is 25.1 Å². The molecule has 0 bridgehead atoms. The predicted octanol–water partition coefficient (Wildman–Crippen LogP) is 2.96. The summed E-state index contributed by atoms with van der Waals surface area (Å²) in [5.74, 6) is 0.0269. The van der Waals surface area contributed by atoms with E-state index in [1.165, 1.54) is 0 Å². The maximum atomic E-state index is 11.9. The molecule has 1 aromatic rings. The third kappa shape index (κ3) is 4.10. The first-order valence-corrected chi connectivity index (χ1v) is 6.31. The van der Waals surface area contributed by atoms with Crippen LogP contribution in [-0.4, -0.2) is 19.0 Å². The number of carbonyl (C=O) groups is 1. The molecule has 17 heavy (non-hydrogen) atoms. The SMILES string of the molecule is CCCCNC(=O)c1ccc(NCC)cc1C. The Morgan fingerprint density at radius 2 is 2.06 bits per heavy atom. The smallest absolute Gasteiger partial charge is 0.251 e. The van der Waals surface area contributed by atoms with Crippen molar-refractivity contribution in [3.63, 3.8) is 0 Å². The van der Waals surface area contributed by atoms with Gasteiger partial charge in [-0.1, -0.05) is 13.3 Å². The molecule has 3 heteroatoms. The summed E-state index contributed by atoms with van der Waals surface area (Å²) in [4.78, 5) is 11.9. The number of nitrogens with one attached hydrogen (secondary N) is 2. The minimum Gasteiger partial charge on any atom is -0.385 e. The Morgan fingerprint density at radius 3 is 2.65 bits per heavy atom. The van der Waals surface area contributed by atoms with Crippen LogP contribution >= 0.6 is 0 Å². The monoisotopic (exact) mass is 234 g/mol.